The van der Waals surface area contributed by atoms with Gasteiger partial charge in [0.2, 0.25) is 0 Å². The summed E-state index contributed by atoms with van der Waals surface area (Å²) in [5.41, 5.74) is -0.809. The molecule has 3 saturated carbocycles. The zero-order valence-corrected chi connectivity index (χ0v) is 19.7. The zero-order chi connectivity index (χ0) is 22.2. The minimum Gasteiger partial charge on any atom is -0.465 e. The van der Waals surface area contributed by atoms with Crippen molar-refractivity contribution in [1.29, 1.82) is 0 Å². The number of carbonyl (C=O) groups excluding carboxylic acids is 2. The molecule has 4 aliphatic rings. The van der Waals surface area contributed by atoms with Crippen LogP contribution in [-0.4, -0.2) is 39.6 Å². The number of aldehydes is 1. The van der Waals surface area contributed by atoms with E-state index in [-0.39, 0.29) is 34.2 Å². The molecule has 0 aromatic heterocycles. The number of rotatable bonds is 3. The van der Waals surface area contributed by atoms with Crippen molar-refractivity contribution in [3.05, 3.63) is 0 Å². The van der Waals surface area contributed by atoms with Gasteiger partial charge in [0, 0.05) is 11.3 Å². The summed E-state index contributed by atoms with van der Waals surface area (Å²) in [5, 5.41) is 0. The van der Waals surface area contributed by atoms with Crippen LogP contribution in [0.2, 0.25) is 0 Å². The van der Waals surface area contributed by atoms with Gasteiger partial charge in [0.05, 0.1) is 25.4 Å². The number of esters is 1. The lowest BCUT2D eigenvalue weighted by molar-refractivity contribution is -0.221. The highest BCUT2D eigenvalue weighted by Gasteiger charge is 2.70. The zero-order valence-electron chi connectivity index (χ0n) is 18.9. The van der Waals surface area contributed by atoms with Crippen molar-refractivity contribution in [3.63, 3.8) is 0 Å². The summed E-state index contributed by atoms with van der Waals surface area (Å²) >= 11 is 0. The van der Waals surface area contributed by atoms with Crippen LogP contribution in [0.3, 0.4) is 0 Å². The van der Waals surface area contributed by atoms with Gasteiger partial charge in [0.25, 0.3) is 10.1 Å². The van der Waals surface area contributed by atoms with Crippen LogP contribution in [0, 0.1) is 39.4 Å². The van der Waals surface area contributed by atoms with Crippen molar-refractivity contribution in [2.45, 2.75) is 78.7 Å². The van der Waals surface area contributed by atoms with Crippen LogP contribution in [0.1, 0.15) is 72.6 Å². The fourth-order valence-electron chi connectivity index (χ4n) is 8.57. The molecule has 4 rings (SSSR count). The van der Waals surface area contributed by atoms with E-state index in [0.29, 0.717) is 31.3 Å². The van der Waals surface area contributed by atoms with Crippen molar-refractivity contribution < 1.29 is 26.9 Å². The molecule has 1 heterocycles. The van der Waals surface area contributed by atoms with Gasteiger partial charge < -0.3 is 9.53 Å². The number of ether oxygens (including phenoxy) is 1. The van der Waals surface area contributed by atoms with Gasteiger partial charge in [-0.3, -0.25) is 8.98 Å². The van der Waals surface area contributed by atoms with Crippen LogP contribution in [0.5, 0.6) is 0 Å². The Balaban J connectivity index is 1.73. The Morgan fingerprint density at radius 3 is 2.30 bits per heavy atom. The van der Waals surface area contributed by atoms with Crippen LogP contribution in [-0.2, 0) is 28.6 Å². The average molecular weight is 441 g/mol. The molecule has 0 aromatic carbocycles. The van der Waals surface area contributed by atoms with Gasteiger partial charge in [0.1, 0.15) is 6.29 Å². The molecule has 6 nitrogen and oxygen atoms in total. The lowest BCUT2D eigenvalue weighted by Gasteiger charge is -2.69. The number of hydrogen-bond donors (Lipinski definition) is 0. The van der Waals surface area contributed by atoms with E-state index in [0.717, 1.165) is 44.6 Å². The lowest BCUT2D eigenvalue weighted by atomic mass is 9.35. The smallest absolute Gasteiger partial charge is 0.306 e. The third-order valence-corrected chi connectivity index (χ3v) is 10.6. The molecule has 3 aliphatic carbocycles. The van der Waals surface area contributed by atoms with E-state index >= 15 is 0 Å². The van der Waals surface area contributed by atoms with Gasteiger partial charge in [-0.15, -0.1) is 0 Å². The largest absolute Gasteiger partial charge is 0.465 e. The molecule has 30 heavy (non-hydrogen) atoms. The number of cyclic esters (lactones) is 1. The fraction of sp³-hybridized carbons (Fsp3) is 0.913. The molecule has 0 N–H and O–H groups in total. The van der Waals surface area contributed by atoms with Crippen molar-refractivity contribution in [2.24, 2.45) is 39.4 Å². The van der Waals surface area contributed by atoms with Crippen LogP contribution in [0.4, 0.5) is 0 Å². The minimum absolute atomic E-state index is 0.0142. The summed E-state index contributed by atoms with van der Waals surface area (Å²) in [5.74, 6) is 0.379. The Hall–Kier alpha value is -0.950. The Morgan fingerprint density at radius 2 is 1.73 bits per heavy atom. The number of fused-ring (bicyclic) bond motifs is 4. The van der Waals surface area contributed by atoms with Crippen LogP contribution >= 0.6 is 0 Å². The first-order valence-corrected chi connectivity index (χ1v) is 13.1. The summed E-state index contributed by atoms with van der Waals surface area (Å²) in [6.45, 7) is 9.32. The predicted molar refractivity (Wildman–Crippen MR) is 112 cm³/mol. The van der Waals surface area contributed by atoms with Crippen molar-refractivity contribution in [3.8, 4) is 0 Å². The van der Waals surface area contributed by atoms with Crippen molar-refractivity contribution >= 4 is 22.4 Å². The molecule has 4 fully saturated rings. The van der Waals surface area contributed by atoms with Gasteiger partial charge in [-0.25, -0.2) is 0 Å². The average Bonchev–Trinajstić information content (AvgIpc) is 3.01. The molecule has 0 aromatic rings. The third kappa shape index (κ3) is 2.94. The Bertz CT molecular complexity index is 850. The highest BCUT2D eigenvalue weighted by atomic mass is 32.2. The van der Waals surface area contributed by atoms with Crippen LogP contribution < -0.4 is 0 Å². The topological polar surface area (TPSA) is 86.7 Å². The summed E-state index contributed by atoms with van der Waals surface area (Å²) in [6, 6.07) is 0. The number of carbonyl (C=O) groups is 2. The third-order valence-electron chi connectivity index (χ3n) is 10.0. The summed E-state index contributed by atoms with van der Waals surface area (Å²) in [6.07, 6.45) is 7.48. The SMILES string of the molecule is CC1(C)[C@@H](OS(C)(=O)=O)CC[C@]2(C)[C@H]3CC[C@H](C=O)[C@]4(COC(=O)C4)[C@]3(C)CC[C@@H]12. The van der Waals surface area contributed by atoms with E-state index in [9.17, 15) is 18.0 Å². The monoisotopic (exact) mass is 440 g/mol. The molecule has 1 aliphatic heterocycles. The van der Waals surface area contributed by atoms with Gasteiger partial charge in [-0.1, -0.05) is 27.7 Å². The molecular weight excluding hydrogens is 404 g/mol. The maximum absolute atomic E-state index is 12.2. The predicted octanol–water partition coefficient (Wildman–Crippen LogP) is 3.73. The first-order chi connectivity index (χ1) is 13.8. The molecule has 1 spiro atoms. The van der Waals surface area contributed by atoms with Crippen molar-refractivity contribution in [2.75, 3.05) is 12.9 Å². The maximum atomic E-state index is 12.2. The first kappa shape index (κ1) is 22.3. The second-order valence-corrected chi connectivity index (χ2v) is 13.1. The fourth-order valence-corrected chi connectivity index (χ4v) is 9.34. The van der Waals surface area contributed by atoms with E-state index in [1.54, 1.807) is 0 Å². The van der Waals surface area contributed by atoms with E-state index in [1.807, 2.05) is 0 Å². The molecule has 0 amide bonds. The lowest BCUT2D eigenvalue weighted by Crippen LogP contribution is -2.65. The summed E-state index contributed by atoms with van der Waals surface area (Å²) in [4.78, 5) is 24.3. The first-order valence-electron chi connectivity index (χ1n) is 11.3. The molecule has 0 bridgehead atoms. The maximum Gasteiger partial charge on any atom is 0.306 e. The minimum atomic E-state index is -3.52. The molecule has 170 valence electrons. The number of hydrogen-bond acceptors (Lipinski definition) is 6. The summed E-state index contributed by atoms with van der Waals surface area (Å²) < 4.78 is 34.8. The highest BCUT2D eigenvalue weighted by molar-refractivity contribution is 7.86. The second-order valence-electron chi connectivity index (χ2n) is 11.5. The Labute approximate surface area is 180 Å². The molecule has 1 saturated heterocycles. The molecule has 7 atom stereocenters. The molecule has 0 radical (unpaired) electrons. The standard InChI is InChI=1S/C23H36O6S/c1-20(2)16-8-11-22(4)17(21(16,3)10-9-18(20)29-30(5,26)27)7-6-15(13-24)23(22)12-19(25)28-14-23/h13,15-18H,6-12,14H2,1-5H3/t15-,16+,17-,18+,21+,22-,23+/m1/s1. The quantitative estimate of drug-likeness (QED) is 0.378. The van der Waals surface area contributed by atoms with E-state index < -0.39 is 15.5 Å². The molecule has 0 unspecified atom stereocenters. The van der Waals surface area contributed by atoms with Gasteiger partial charge in [-0.05, 0) is 66.6 Å². The Kier molecular flexibility index (Phi) is 5.02. The summed E-state index contributed by atoms with van der Waals surface area (Å²) in [7, 11) is -3.52. The second kappa shape index (κ2) is 6.77. The molecule has 7 heteroatoms. The molecular formula is C23H36O6S. The van der Waals surface area contributed by atoms with Gasteiger partial charge in [-0.2, -0.15) is 8.42 Å². The van der Waals surface area contributed by atoms with E-state index in [2.05, 4.69) is 27.7 Å². The van der Waals surface area contributed by atoms with Gasteiger partial charge in [0.15, 0.2) is 0 Å². The van der Waals surface area contributed by atoms with Crippen LogP contribution in [0.25, 0.3) is 0 Å². The van der Waals surface area contributed by atoms with E-state index in [4.69, 9.17) is 8.92 Å². The van der Waals surface area contributed by atoms with E-state index in [1.165, 1.54) is 0 Å². The Morgan fingerprint density at radius 1 is 1.03 bits per heavy atom. The highest BCUT2D eigenvalue weighted by Crippen LogP contribution is 2.73. The van der Waals surface area contributed by atoms with Crippen LogP contribution in [0.15, 0.2) is 0 Å². The van der Waals surface area contributed by atoms with Crippen molar-refractivity contribution in [1.82, 2.24) is 0 Å². The van der Waals surface area contributed by atoms with Gasteiger partial charge >= 0.3 is 5.97 Å². The normalized spacial score (nSPS) is 48.0.